The highest BCUT2D eigenvalue weighted by atomic mass is 19.4. The van der Waals surface area contributed by atoms with Gasteiger partial charge in [0.1, 0.15) is 5.69 Å². The Bertz CT molecular complexity index is 1150. The number of rotatable bonds is 5. The maximum absolute atomic E-state index is 13.1. The number of anilines is 1. The van der Waals surface area contributed by atoms with Crippen LogP contribution in [0.1, 0.15) is 11.1 Å². The van der Waals surface area contributed by atoms with Gasteiger partial charge in [0.2, 0.25) is 5.95 Å². The van der Waals surface area contributed by atoms with Gasteiger partial charge in [0.25, 0.3) is 0 Å². The minimum absolute atomic E-state index is 0.310. The Balaban J connectivity index is 1.66. The Morgan fingerprint density at radius 3 is 2.50 bits per heavy atom. The molecule has 2 aromatic heterocycles. The van der Waals surface area contributed by atoms with Crippen LogP contribution in [0.5, 0.6) is 0 Å². The molecule has 4 rings (SSSR count). The molecule has 8 heteroatoms. The number of nitrogens with one attached hydrogen (secondary N) is 1. The predicted octanol–water partition coefficient (Wildman–Crippen LogP) is 5.23. The van der Waals surface area contributed by atoms with E-state index in [9.17, 15) is 13.2 Å². The van der Waals surface area contributed by atoms with Crippen molar-refractivity contribution >= 4 is 5.95 Å². The predicted molar refractivity (Wildman–Crippen MR) is 107 cm³/mol. The zero-order chi connectivity index (χ0) is 21.0. The van der Waals surface area contributed by atoms with Gasteiger partial charge in [-0.1, -0.05) is 42.5 Å². The van der Waals surface area contributed by atoms with E-state index >= 15 is 0 Å². The molecule has 0 unspecified atom stereocenters. The summed E-state index contributed by atoms with van der Waals surface area (Å²) >= 11 is 0. The lowest BCUT2D eigenvalue weighted by Crippen LogP contribution is -2.05. The molecule has 1 N–H and O–H groups in total. The van der Waals surface area contributed by atoms with Crippen molar-refractivity contribution in [1.82, 2.24) is 20.2 Å². The third kappa shape index (κ3) is 4.43. The van der Waals surface area contributed by atoms with Crippen molar-refractivity contribution in [3.8, 4) is 22.5 Å². The molecule has 2 aromatic carbocycles. The highest BCUT2D eigenvalue weighted by molar-refractivity contribution is 5.78. The van der Waals surface area contributed by atoms with E-state index in [-0.39, 0.29) is 0 Å². The maximum Gasteiger partial charge on any atom is 0.416 e. The monoisotopic (exact) mass is 407 g/mol. The van der Waals surface area contributed by atoms with E-state index in [1.165, 1.54) is 12.3 Å². The van der Waals surface area contributed by atoms with Crippen LogP contribution in [0.3, 0.4) is 0 Å². The van der Waals surface area contributed by atoms with Crippen LogP contribution in [0.2, 0.25) is 0 Å². The molecule has 0 spiro atoms. The molecule has 0 bridgehead atoms. The maximum atomic E-state index is 13.1. The molecule has 150 valence electrons. The third-order valence-corrected chi connectivity index (χ3v) is 4.41. The number of nitrogens with zero attached hydrogens (tertiary/aromatic N) is 4. The van der Waals surface area contributed by atoms with Gasteiger partial charge in [-0.3, -0.25) is 0 Å². The number of benzene rings is 2. The molecule has 0 atom stereocenters. The molecule has 0 amide bonds. The molecule has 2 heterocycles. The summed E-state index contributed by atoms with van der Waals surface area (Å²) in [6.45, 7) is 0.541. The van der Waals surface area contributed by atoms with E-state index < -0.39 is 11.7 Å². The average molecular weight is 407 g/mol. The summed E-state index contributed by atoms with van der Waals surface area (Å²) in [6, 6.07) is 18.1. The summed E-state index contributed by atoms with van der Waals surface area (Å²) in [4.78, 5) is 8.72. The lowest BCUT2D eigenvalue weighted by atomic mass is 10.0. The van der Waals surface area contributed by atoms with E-state index in [1.807, 2.05) is 30.3 Å². The van der Waals surface area contributed by atoms with Crippen molar-refractivity contribution in [2.45, 2.75) is 12.7 Å². The van der Waals surface area contributed by atoms with E-state index in [1.54, 1.807) is 24.4 Å². The second-order valence-electron chi connectivity index (χ2n) is 6.48. The van der Waals surface area contributed by atoms with Crippen LogP contribution in [0.15, 0.2) is 79.1 Å². The lowest BCUT2D eigenvalue weighted by Gasteiger charge is -2.11. The number of alkyl halides is 3. The summed E-state index contributed by atoms with van der Waals surface area (Å²) in [5.41, 5.74) is 2.05. The minimum Gasteiger partial charge on any atom is -0.350 e. The molecule has 4 aromatic rings. The van der Waals surface area contributed by atoms with Crippen LogP contribution < -0.4 is 5.32 Å². The molecule has 5 nitrogen and oxygen atoms in total. The molecule has 0 aliphatic rings. The van der Waals surface area contributed by atoms with E-state index in [0.717, 1.165) is 17.7 Å². The Hall–Kier alpha value is -3.81. The highest BCUT2D eigenvalue weighted by Crippen LogP contribution is 2.34. The van der Waals surface area contributed by atoms with Gasteiger partial charge < -0.3 is 5.32 Å². The van der Waals surface area contributed by atoms with E-state index in [4.69, 9.17) is 0 Å². The molecular weight excluding hydrogens is 391 g/mol. The Kier molecular flexibility index (Phi) is 5.38. The fourth-order valence-corrected chi connectivity index (χ4v) is 2.97. The summed E-state index contributed by atoms with van der Waals surface area (Å²) in [5, 5.41) is 11.1. The first-order chi connectivity index (χ1) is 14.5. The minimum atomic E-state index is -4.44. The van der Waals surface area contributed by atoms with Crippen molar-refractivity contribution in [1.29, 1.82) is 0 Å². The van der Waals surface area contributed by atoms with Crippen LogP contribution >= 0.6 is 0 Å². The summed E-state index contributed by atoms with van der Waals surface area (Å²) in [7, 11) is 0. The zero-order valence-electron chi connectivity index (χ0n) is 15.6. The van der Waals surface area contributed by atoms with Gasteiger partial charge in [-0.05, 0) is 29.8 Å². The summed E-state index contributed by atoms with van der Waals surface area (Å²) < 4.78 is 39.4. The van der Waals surface area contributed by atoms with Gasteiger partial charge in [-0.2, -0.15) is 18.3 Å². The van der Waals surface area contributed by atoms with Gasteiger partial charge in [-0.15, -0.1) is 5.10 Å². The molecule has 0 saturated carbocycles. The Morgan fingerprint density at radius 1 is 0.867 bits per heavy atom. The number of aromatic nitrogens is 4. The van der Waals surface area contributed by atoms with Crippen molar-refractivity contribution in [3.05, 3.63) is 90.3 Å². The summed E-state index contributed by atoms with van der Waals surface area (Å²) in [5.74, 6) is 0.406. The fourth-order valence-electron chi connectivity index (χ4n) is 2.97. The van der Waals surface area contributed by atoms with Crippen LogP contribution in [0, 0.1) is 0 Å². The Morgan fingerprint density at radius 2 is 1.70 bits per heavy atom. The normalized spacial score (nSPS) is 11.3. The zero-order valence-corrected chi connectivity index (χ0v) is 15.6. The van der Waals surface area contributed by atoms with Gasteiger partial charge in [0.05, 0.1) is 17.5 Å². The van der Waals surface area contributed by atoms with E-state index in [2.05, 4.69) is 25.5 Å². The molecule has 0 aliphatic carbocycles. The molecule has 0 saturated heterocycles. The largest absolute Gasteiger partial charge is 0.416 e. The standard InChI is InChI=1S/C22H16F3N5/c23-22(24,25)17-8-4-7-16(13-17)20-18(9-12-28-30-20)19-10-11-26-21(29-19)27-14-15-5-2-1-3-6-15/h1-13H,14H2,(H,26,27,29). The van der Waals surface area contributed by atoms with Crippen LogP contribution in [0.25, 0.3) is 22.5 Å². The SMILES string of the molecule is FC(F)(F)c1cccc(-c2nnccc2-c2ccnc(NCc3ccccc3)n2)c1. The first kappa shape index (κ1) is 19.5. The number of hydrogen-bond acceptors (Lipinski definition) is 5. The highest BCUT2D eigenvalue weighted by Gasteiger charge is 2.30. The fraction of sp³-hybridized carbons (Fsp3) is 0.0909. The average Bonchev–Trinajstić information content (AvgIpc) is 2.78. The second-order valence-corrected chi connectivity index (χ2v) is 6.48. The van der Waals surface area contributed by atoms with Gasteiger partial charge >= 0.3 is 6.18 Å². The van der Waals surface area contributed by atoms with Crippen molar-refractivity contribution in [2.24, 2.45) is 0 Å². The second kappa shape index (κ2) is 8.28. The first-order valence-electron chi connectivity index (χ1n) is 9.11. The smallest absolute Gasteiger partial charge is 0.350 e. The topological polar surface area (TPSA) is 63.6 Å². The Labute approximate surface area is 170 Å². The quantitative estimate of drug-likeness (QED) is 0.491. The van der Waals surface area contributed by atoms with Crippen molar-refractivity contribution in [2.75, 3.05) is 5.32 Å². The molecule has 0 radical (unpaired) electrons. The molecule has 30 heavy (non-hydrogen) atoms. The summed E-state index contributed by atoms with van der Waals surface area (Å²) in [6.07, 6.45) is -1.38. The van der Waals surface area contributed by atoms with Gasteiger partial charge in [0.15, 0.2) is 0 Å². The third-order valence-electron chi connectivity index (χ3n) is 4.41. The van der Waals surface area contributed by atoms with Crippen molar-refractivity contribution in [3.63, 3.8) is 0 Å². The number of hydrogen-bond donors (Lipinski definition) is 1. The lowest BCUT2D eigenvalue weighted by molar-refractivity contribution is -0.137. The van der Waals surface area contributed by atoms with Crippen molar-refractivity contribution < 1.29 is 13.2 Å². The van der Waals surface area contributed by atoms with Gasteiger partial charge in [0, 0.05) is 23.9 Å². The molecule has 0 aliphatic heterocycles. The molecular formula is C22H16F3N5. The van der Waals surface area contributed by atoms with Crippen LogP contribution in [0.4, 0.5) is 19.1 Å². The van der Waals surface area contributed by atoms with Crippen LogP contribution in [-0.4, -0.2) is 20.2 Å². The molecule has 0 fully saturated rings. The first-order valence-corrected chi connectivity index (χ1v) is 9.11. The van der Waals surface area contributed by atoms with Gasteiger partial charge in [-0.25, -0.2) is 9.97 Å². The van der Waals surface area contributed by atoms with E-state index in [0.29, 0.717) is 35.0 Å². The van der Waals surface area contributed by atoms with Crippen LogP contribution in [-0.2, 0) is 12.7 Å². The number of halogens is 3.